The Morgan fingerprint density at radius 1 is 1.48 bits per heavy atom. The monoisotopic (exact) mass is 387 g/mol. The lowest BCUT2D eigenvalue weighted by atomic mass is 10.1. The van der Waals surface area contributed by atoms with Gasteiger partial charge in [0.05, 0.1) is 11.6 Å². The molecule has 0 spiro atoms. The molecule has 1 heterocycles. The highest BCUT2D eigenvalue weighted by atomic mass is 35.5. The molecule has 5 nitrogen and oxygen atoms in total. The minimum absolute atomic E-state index is 0.0314. The standard InChI is InChI=1S/C13H13Cl2F2NO4S/c1-13(7-14)5-11(18-22-13)23(19,20)6-8-4-9(21-12(16)17)2-3-10(8)15/h2-4,12H,5-7H2,1H3. The second-order valence-electron chi connectivity index (χ2n) is 5.23. The number of oxime groups is 1. The van der Waals surface area contributed by atoms with Crippen LogP contribution < -0.4 is 4.74 Å². The highest BCUT2D eigenvalue weighted by Gasteiger charge is 2.39. The van der Waals surface area contributed by atoms with Gasteiger partial charge in [-0.3, -0.25) is 0 Å². The molecule has 0 N–H and O–H groups in total. The Labute approximate surface area is 142 Å². The summed E-state index contributed by atoms with van der Waals surface area (Å²) in [6.07, 6.45) is 0.0314. The number of alkyl halides is 3. The minimum atomic E-state index is -3.82. The molecule has 1 aromatic rings. The molecule has 1 aliphatic rings. The molecule has 1 aliphatic heterocycles. The zero-order valence-corrected chi connectivity index (χ0v) is 14.3. The summed E-state index contributed by atoms with van der Waals surface area (Å²) in [5, 5.41) is 3.54. The van der Waals surface area contributed by atoms with Crippen LogP contribution in [-0.2, 0) is 20.4 Å². The Balaban J connectivity index is 2.21. The van der Waals surface area contributed by atoms with Crippen molar-refractivity contribution in [1.82, 2.24) is 0 Å². The van der Waals surface area contributed by atoms with Crippen molar-refractivity contribution in [2.24, 2.45) is 5.16 Å². The number of benzene rings is 1. The largest absolute Gasteiger partial charge is 0.435 e. The van der Waals surface area contributed by atoms with E-state index in [1.54, 1.807) is 6.92 Å². The van der Waals surface area contributed by atoms with E-state index in [1.165, 1.54) is 12.1 Å². The number of ether oxygens (including phenoxy) is 1. The van der Waals surface area contributed by atoms with E-state index in [2.05, 4.69) is 9.89 Å². The summed E-state index contributed by atoms with van der Waals surface area (Å²) in [7, 11) is -3.82. The van der Waals surface area contributed by atoms with Crippen LogP contribution in [-0.4, -0.2) is 31.6 Å². The molecule has 1 atom stereocenters. The Morgan fingerprint density at radius 3 is 2.74 bits per heavy atom. The van der Waals surface area contributed by atoms with Crippen molar-refractivity contribution in [1.29, 1.82) is 0 Å². The quantitative estimate of drug-likeness (QED) is 0.724. The zero-order chi connectivity index (χ0) is 17.3. The number of hydrogen-bond donors (Lipinski definition) is 0. The van der Waals surface area contributed by atoms with Gasteiger partial charge in [-0.25, -0.2) is 8.42 Å². The van der Waals surface area contributed by atoms with Gasteiger partial charge in [0.1, 0.15) is 5.75 Å². The second kappa shape index (κ2) is 6.78. The first kappa shape index (κ1) is 18.2. The molecule has 0 bridgehead atoms. The molecule has 10 heteroatoms. The van der Waals surface area contributed by atoms with E-state index in [0.717, 1.165) is 6.07 Å². The van der Waals surface area contributed by atoms with Gasteiger partial charge in [-0.2, -0.15) is 8.78 Å². The predicted octanol–water partition coefficient (Wildman–Crippen LogP) is 3.59. The molecule has 128 valence electrons. The van der Waals surface area contributed by atoms with E-state index < -0.39 is 27.8 Å². The normalized spacial score (nSPS) is 21.2. The van der Waals surface area contributed by atoms with Crippen molar-refractivity contribution in [2.75, 3.05) is 5.88 Å². The summed E-state index contributed by atoms with van der Waals surface area (Å²) in [5.74, 6) is -0.606. The second-order valence-corrected chi connectivity index (χ2v) is 7.89. The van der Waals surface area contributed by atoms with E-state index in [4.69, 9.17) is 28.0 Å². The molecule has 2 rings (SSSR count). The van der Waals surface area contributed by atoms with E-state index >= 15 is 0 Å². The van der Waals surface area contributed by atoms with Crippen LogP contribution in [0.2, 0.25) is 5.02 Å². The van der Waals surface area contributed by atoms with E-state index in [0.29, 0.717) is 0 Å². The predicted molar refractivity (Wildman–Crippen MR) is 83.0 cm³/mol. The van der Waals surface area contributed by atoms with Crippen molar-refractivity contribution >= 4 is 38.1 Å². The van der Waals surface area contributed by atoms with Crippen molar-refractivity contribution < 1.29 is 26.8 Å². The smallest absolute Gasteiger partial charge is 0.387 e. The van der Waals surface area contributed by atoms with Gasteiger partial charge in [-0.05, 0) is 30.7 Å². The van der Waals surface area contributed by atoms with Crippen LogP contribution in [0.3, 0.4) is 0 Å². The first-order chi connectivity index (χ1) is 10.6. The van der Waals surface area contributed by atoms with E-state index in [-0.39, 0.29) is 33.7 Å². The fraction of sp³-hybridized carbons (Fsp3) is 0.462. The first-order valence-corrected chi connectivity index (χ1v) is 8.99. The molecular weight excluding hydrogens is 375 g/mol. The molecule has 0 saturated heterocycles. The van der Waals surface area contributed by atoms with Gasteiger partial charge in [0.2, 0.25) is 0 Å². The van der Waals surface area contributed by atoms with Crippen LogP contribution in [0.15, 0.2) is 23.4 Å². The summed E-state index contributed by atoms with van der Waals surface area (Å²) in [4.78, 5) is 5.05. The maximum atomic E-state index is 12.4. The number of rotatable bonds is 5. The molecule has 1 aromatic carbocycles. The molecule has 0 aromatic heterocycles. The number of halogens is 4. The SMILES string of the molecule is CC1(CCl)CC(S(=O)(=O)Cc2cc(OC(F)F)ccc2Cl)=NO1. The molecule has 0 aliphatic carbocycles. The molecule has 1 unspecified atom stereocenters. The van der Waals surface area contributed by atoms with E-state index in [1.807, 2.05) is 0 Å². The average molecular weight is 388 g/mol. The lowest BCUT2D eigenvalue weighted by Gasteiger charge is -2.16. The third-order valence-corrected chi connectivity index (χ3v) is 5.68. The fourth-order valence-corrected chi connectivity index (χ4v) is 3.81. The lowest BCUT2D eigenvalue weighted by molar-refractivity contribution is -0.0498. The summed E-state index contributed by atoms with van der Waals surface area (Å²) >= 11 is 11.6. The molecule has 0 radical (unpaired) electrons. The van der Waals surface area contributed by atoms with E-state index in [9.17, 15) is 17.2 Å². The lowest BCUT2D eigenvalue weighted by Crippen LogP contribution is -2.28. The Hall–Kier alpha value is -1.12. The van der Waals surface area contributed by atoms with Crippen molar-refractivity contribution in [3.63, 3.8) is 0 Å². The minimum Gasteiger partial charge on any atom is -0.435 e. The van der Waals surface area contributed by atoms with Crippen molar-refractivity contribution in [3.05, 3.63) is 28.8 Å². The Kier molecular flexibility index (Phi) is 5.37. The summed E-state index contributed by atoms with van der Waals surface area (Å²) in [6, 6.07) is 3.68. The van der Waals surface area contributed by atoms with Crippen LogP contribution in [0.25, 0.3) is 0 Å². The van der Waals surface area contributed by atoms with Crippen LogP contribution >= 0.6 is 23.2 Å². The third-order valence-electron chi connectivity index (χ3n) is 3.12. The fourth-order valence-electron chi connectivity index (χ4n) is 1.91. The van der Waals surface area contributed by atoms with Gasteiger partial charge in [0.25, 0.3) is 0 Å². The molecule has 0 saturated carbocycles. The first-order valence-electron chi connectivity index (χ1n) is 6.42. The zero-order valence-electron chi connectivity index (χ0n) is 11.9. The average Bonchev–Trinajstić information content (AvgIpc) is 2.86. The number of nitrogens with zero attached hydrogens (tertiary/aromatic N) is 1. The Morgan fingerprint density at radius 2 is 2.17 bits per heavy atom. The van der Waals surface area contributed by atoms with Gasteiger partial charge >= 0.3 is 6.61 Å². The van der Waals surface area contributed by atoms with Crippen LogP contribution in [0.1, 0.15) is 18.9 Å². The maximum Gasteiger partial charge on any atom is 0.387 e. The van der Waals surface area contributed by atoms with Crippen LogP contribution in [0.4, 0.5) is 8.78 Å². The summed E-state index contributed by atoms with van der Waals surface area (Å²) in [5.41, 5.74) is -0.749. The number of sulfone groups is 1. The van der Waals surface area contributed by atoms with Gasteiger partial charge in [-0.15, -0.1) is 11.6 Å². The summed E-state index contributed by atoms with van der Waals surface area (Å²) in [6.45, 7) is -1.38. The molecular formula is C13H13Cl2F2NO4S. The highest BCUT2D eigenvalue weighted by Crippen LogP contribution is 2.30. The molecule has 0 amide bonds. The molecule has 0 fully saturated rings. The number of hydrogen-bond acceptors (Lipinski definition) is 5. The van der Waals surface area contributed by atoms with Crippen molar-refractivity contribution in [2.45, 2.75) is 31.3 Å². The molecule has 23 heavy (non-hydrogen) atoms. The van der Waals surface area contributed by atoms with Gasteiger partial charge in [0, 0.05) is 11.4 Å². The maximum absolute atomic E-state index is 12.4. The highest BCUT2D eigenvalue weighted by molar-refractivity contribution is 8.05. The third kappa shape index (κ3) is 4.45. The van der Waals surface area contributed by atoms with Crippen molar-refractivity contribution in [3.8, 4) is 5.75 Å². The van der Waals surface area contributed by atoms with Gasteiger partial charge < -0.3 is 9.57 Å². The summed E-state index contributed by atoms with van der Waals surface area (Å²) < 4.78 is 53.5. The topological polar surface area (TPSA) is 65.0 Å². The van der Waals surface area contributed by atoms with Crippen LogP contribution in [0, 0.1) is 0 Å². The Bertz CT molecular complexity index is 727. The van der Waals surface area contributed by atoms with Gasteiger partial charge in [0.15, 0.2) is 20.5 Å². The van der Waals surface area contributed by atoms with Crippen LogP contribution in [0.5, 0.6) is 5.75 Å². The van der Waals surface area contributed by atoms with Gasteiger partial charge in [-0.1, -0.05) is 16.8 Å².